The highest BCUT2D eigenvalue weighted by Crippen LogP contribution is 2.40. The Balaban J connectivity index is 2.21. The molecule has 1 fully saturated rings. The van der Waals surface area contributed by atoms with Crippen LogP contribution in [-0.2, 0) is 9.16 Å². The van der Waals surface area contributed by atoms with Crippen LogP contribution in [0.3, 0.4) is 0 Å². The van der Waals surface area contributed by atoms with Crippen LogP contribution < -0.4 is 11.2 Å². The van der Waals surface area contributed by atoms with Crippen LogP contribution in [0, 0.1) is 0 Å². The lowest BCUT2D eigenvalue weighted by atomic mass is 10.2. The first-order valence-corrected chi connectivity index (χ1v) is 10.7. The van der Waals surface area contributed by atoms with Gasteiger partial charge in [0.05, 0.1) is 12.7 Å². The lowest BCUT2D eigenvalue weighted by molar-refractivity contribution is -0.0438. The highest BCUT2D eigenvalue weighted by Gasteiger charge is 2.45. The van der Waals surface area contributed by atoms with E-state index in [-0.39, 0.29) is 17.7 Å². The molecule has 0 saturated carbocycles. The lowest BCUT2D eigenvalue weighted by Gasteiger charge is -2.39. The summed E-state index contributed by atoms with van der Waals surface area (Å²) in [4.78, 5) is 25.3. The summed E-state index contributed by atoms with van der Waals surface area (Å²) in [5.74, 6) is 0. The normalized spacial score (nSPS) is 25.7. The second kappa shape index (κ2) is 6.35. The second-order valence-corrected chi connectivity index (χ2v) is 12.2. The fourth-order valence-corrected chi connectivity index (χ4v) is 3.73. The van der Waals surface area contributed by atoms with E-state index in [4.69, 9.17) is 9.16 Å². The van der Waals surface area contributed by atoms with Crippen molar-refractivity contribution in [2.75, 3.05) is 6.61 Å². The van der Waals surface area contributed by atoms with Crippen molar-refractivity contribution in [3.05, 3.63) is 33.1 Å². The van der Waals surface area contributed by atoms with E-state index < -0.39 is 31.9 Å². The molecule has 1 aliphatic rings. The molecule has 1 aromatic rings. The number of aromatic amines is 1. The third-order valence-corrected chi connectivity index (χ3v) is 9.28. The molecule has 3 atom stereocenters. The number of nitrogens with one attached hydrogen (secondary N) is 1. The zero-order valence-corrected chi connectivity index (χ0v) is 15.3. The third-order valence-electron chi connectivity index (χ3n) is 4.77. The Labute approximate surface area is 136 Å². The van der Waals surface area contributed by atoms with E-state index in [2.05, 4.69) is 38.8 Å². The maximum Gasteiger partial charge on any atom is 0.330 e. The number of ether oxygens (including phenoxy) is 1. The highest BCUT2D eigenvalue weighted by atomic mass is 28.4. The Morgan fingerprint density at radius 3 is 2.61 bits per heavy atom. The van der Waals surface area contributed by atoms with E-state index >= 15 is 0 Å². The molecular formula is C15H26N2O5Si. The molecule has 1 aromatic heterocycles. The molecule has 1 saturated heterocycles. The van der Waals surface area contributed by atoms with E-state index in [1.165, 1.54) is 16.8 Å². The van der Waals surface area contributed by atoms with E-state index in [0.717, 1.165) is 0 Å². The monoisotopic (exact) mass is 342 g/mol. The zero-order valence-electron chi connectivity index (χ0n) is 14.3. The summed E-state index contributed by atoms with van der Waals surface area (Å²) in [6, 6.07) is 1.28. The number of aromatic nitrogens is 2. The van der Waals surface area contributed by atoms with Gasteiger partial charge in [-0.1, -0.05) is 20.8 Å². The highest BCUT2D eigenvalue weighted by molar-refractivity contribution is 6.74. The van der Waals surface area contributed by atoms with Crippen LogP contribution in [0.25, 0.3) is 0 Å². The summed E-state index contributed by atoms with van der Waals surface area (Å²) in [6.07, 6.45) is 0.572. The summed E-state index contributed by atoms with van der Waals surface area (Å²) in [5.41, 5.74) is -0.968. The summed E-state index contributed by atoms with van der Waals surface area (Å²) < 4.78 is 13.5. The van der Waals surface area contributed by atoms with Crippen molar-refractivity contribution in [3.63, 3.8) is 0 Å². The van der Waals surface area contributed by atoms with Crippen molar-refractivity contribution < 1.29 is 14.3 Å². The minimum Gasteiger partial charge on any atom is -0.411 e. The van der Waals surface area contributed by atoms with Crippen LogP contribution in [0.2, 0.25) is 18.1 Å². The topological polar surface area (TPSA) is 93.6 Å². The van der Waals surface area contributed by atoms with Crippen LogP contribution in [0.1, 0.15) is 33.4 Å². The number of H-pyrrole nitrogens is 1. The molecule has 23 heavy (non-hydrogen) atoms. The van der Waals surface area contributed by atoms with Crippen LogP contribution in [-0.4, -0.2) is 41.8 Å². The van der Waals surface area contributed by atoms with Gasteiger partial charge < -0.3 is 14.3 Å². The molecule has 0 spiro atoms. The molecule has 2 heterocycles. The quantitative estimate of drug-likeness (QED) is 0.802. The number of aliphatic hydroxyl groups is 1. The van der Waals surface area contributed by atoms with Crippen molar-refractivity contribution in [1.82, 2.24) is 9.55 Å². The fourth-order valence-electron chi connectivity index (χ4n) is 2.37. The number of aliphatic hydroxyl groups excluding tert-OH is 1. The third kappa shape index (κ3) is 3.82. The molecule has 0 aliphatic carbocycles. The first kappa shape index (κ1) is 18.1. The van der Waals surface area contributed by atoms with Gasteiger partial charge in [-0.2, -0.15) is 0 Å². The van der Waals surface area contributed by atoms with Gasteiger partial charge >= 0.3 is 5.69 Å². The van der Waals surface area contributed by atoms with Crippen LogP contribution in [0.4, 0.5) is 0 Å². The van der Waals surface area contributed by atoms with Crippen LogP contribution in [0.5, 0.6) is 0 Å². The fraction of sp³-hybridized carbons (Fsp3) is 0.733. The number of rotatable bonds is 4. The number of nitrogens with zero attached hydrogens (tertiary/aromatic N) is 1. The molecule has 2 N–H and O–H groups in total. The molecule has 0 aromatic carbocycles. The Kier molecular flexibility index (Phi) is 5.00. The smallest absolute Gasteiger partial charge is 0.330 e. The van der Waals surface area contributed by atoms with Gasteiger partial charge in [-0.3, -0.25) is 14.3 Å². The lowest BCUT2D eigenvalue weighted by Crippen LogP contribution is -2.46. The van der Waals surface area contributed by atoms with Crippen LogP contribution >= 0.6 is 0 Å². The molecule has 1 aliphatic heterocycles. The van der Waals surface area contributed by atoms with Gasteiger partial charge in [0.15, 0.2) is 8.32 Å². The van der Waals surface area contributed by atoms with Crippen molar-refractivity contribution in [1.29, 1.82) is 0 Å². The van der Waals surface area contributed by atoms with Gasteiger partial charge in [-0.05, 0) is 18.1 Å². The summed E-state index contributed by atoms with van der Waals surface area (Å²) >= 11 is 0. The maximum atomic E-state index is 11.9. The van der Waals surface area contributed by atoms with Gasteiger partial charge in [0.1, 0.15) is 12.3 Å². The Bertz CT molecular complexity index is 661. The van der Waals surface area contributed by atoms with Gasteiger partial charge in [0, 0.05) is 18.7 Å². The predicted molar refractivity (Wildman–Crippen MR) is 89.0 cm³/mol. The van der Waals surface area contributed by atoms with Gasteiger partial charge in [-0.25, -0.2) is 4.79 Å². The largest absolute Gasteiger partial charge is 0.411 e. The number of hydrogen-bond donors (Lipinski definition) is 2. The van der Waals surface area contributed by atoms with Crippen molar-refractivity contribution in [2.45, 2.75) is 63.8 Å². The maximum absolute atomic E-state index is 11.9. The molecule has 0 amide bonds. The van der Waals surface area contributed by atoms with Crippen molar-refractivity contribution in [2.24, 2.45) is 0 Å². The Morgan fingerprint density at radius 2 is 2.09 bits per heavy atom. The van der Waals surface area contributed by atoms with E-state index in [0.29, 0.717) is 6.42 Å². The average Bonchev–Trinajstić information content (AvgIpc) is 2.79. The molecule has 8 heteroatoms. The van der Waals surface area contributed by atoms with Crippen molar-refractivity contribution in [3.8, 4) is 0 Å². The molecule has 3 unspecified atom stereocenters. The zero-order chi connectivity index (χ0) is 17.4. The van der Waals surface area contributed by atoms with E-state index in [1.807, 2.05) is 0 Å². The van der Waals surface area contributed by atoms with Gasteiger partial charge in [-0.15, -0.1) is 0 Å². The molecule has 7 nitrogen and oxygen atoms in total. The molecule has 2 rings (SSSR count). The van der Waals surface area contributed by atoms with E-state index in [1.54, 1.807) is 0 Å². The Hall–Kier alpha value is -1.22. The SMILES string of the molecule is CC(C)(C)[Si](C)(C)OC1CC(n2ccc(=O)[nH]c2=O)OC1CO. The molecular weight excluding hydrogens is 316 g/mol. The molecule has 130 valence electrons. The van der Waals surface area contributed by atoms with Crippen molar-refractivity contribution >= 4 is 8.32 Å². The molecule has 0 radical (unpaired) electrons. The second-order valence-electron chi connectivity index (χ2n) is 7.48. The standard InChI is InChI=1S/C15H26N2O5Si/c1-15(2,3)23(4,5)22-10-8-13(21-11(10)9-18)17-7-6-12(19)16-14(17)20/h6-7,10-11,13,18H,8-9H2,1-5H3,(H,16,19,20). The average molecular weight is 342 g/mol. The minimum atomic E-state index is -2.02. The van der Waals surface area contributed by atoms with E-state index in [9.17, 15) is 14.7 Å². The molecule has 0 bridgehead atoms. The Morgan fingerprint density at radius 1 is 1.43 bits per heavy atom. The minimum absolute atomic E-state index is 0.0416. The summed E-state index contributed by atoms with van der Waals surface area (Å²) in [6.45, 7) is 10.5. The summed E-state index contributed by atoms with van der Waals surface area (Å²) in [5, 5.41) is 9.62. The van der Waals surface area contributed by atoms with Crippen LogP contribution in [0.15, 0.2) is 21.9 Å². The summed E-state index contributed by atoms with van der Waals surface area (Å²) in [7, 11) is -2.02. The van der Waals surface area contributed by atoms with Gasteiger partial charge in [0.25, 0.3) is 5.56 Å². The van der Waals surface area contributed by atoms with Gasteiger partial charge in [0.2, 0.25) is 0 Å². The predicted octanol–water partition coefficient (Wildman–Crippen LogP) is 1.21. The first-order chi connectivity index (χ1) is 10.5. The number of hydrogen-bond acceptors (Lipinski definition) is 5. The first-order valence-electron chi connectivity index (χ1n) is 7.81.